The lowest BCUT2D eigenvalue weighted by Gasteiger charge is -2.28. The van der Waals surface area contributed by atoms with Crippen LogP contribution in [0.15, 0.2) is 169 Å². The number of hydrogen-bond acceptors (Lipinski definition) is 3. The highest BCUT2D eigenvalue weighted by molar-refractivity contribution is 8.00. The van der Waals surface area contributed by atoms with Gasteiger partial charge >= 0.3 is 0 Å². The molecule has 1 nitrogen and oxygen atoms in total. The highest BCUT2D eigenvalue weighted by Crippen LogP contribution is 2.54. The number of allylic oxidation sites excluding steroid dienone is 3. The van der Waals surface area contributed by atoms with Gasteiger partial charge in [0.2, 0.25) is 0 Å². The molecular formula is C42H29NS2. The minimum absolute atomic E-state index is 0.418. The zero-order chi connectivity index (χ0) is 29.7. The monoisotopic (exact) mass is 611 g/mol. The molecule has 1 aliphatic carbocycles. The van der Waals surface area contributed by atoms with E-state index >= 15 is 0 Å². The van der Waals surface area contributed by atoms with Crippen molar-refractivity contribution in [2.45, 2.75) is 16.1 Å². The van der Waals surface area contributed by atoms with Crippen molar-refractivity contribution in [1.29, 1.82) is 0 Å². The normalized spacial score (nSPS) is 16.6. The summed E-state index contributed by atoms with van der Waals surface area (Å²) >= 11 is 3.87. The molecule has 0 saturated heterocycles. The average Bonchev–Trinajstić information content (AvgIpc) is 3.68. The van der Waals surface area contributed by atoms with Crippen LogP contribution in [0.5, 0.6) is 0 Å². The predicted molar refractivity (Wildman–Crippen MR) is 196 cm³/mol. The van der Waals surface area contributed by atoms with Crippen molar-refractivity contribution in [2.75, 3.05) is 4.90 Å². The Morgan fingerprint density at radius 1 is 0.489 bits per heavy atom. The number of nitrogens with zero attached hydrogens (tertiary/aromatic N) is 1. The van der Waals surface area contributed by atoms with Gasteiger partial charge in [-0.3, -0.25) is 0 Å². The first-order chi connectivity index (χ1) is 22.3. The Hall–Kier alpha value is -4.83. The van der Waals surface area contributed by atoms with E-state index in [4.69, 9.17) is 0 Å². The third kappa shape index (κ3) is 4.63. The number of fused-ring (bicyclic) bond motifs is 6. The molecule has 0 amide bonds. The summed E-state index contributed by atoms with van der Waals surface area (Å²) in [5.41, 5.74) is 9.91. The van der Waals surface area contributed by atoms with Crippen LogP contribution in [0.2, 0.25) is 0 Å². The van der Waals surface area contributed by atoms with E-state index < -0.39 is 0 Å². The zero-order valence-corrected chi connectivity index (χ0v) is 26.1. The molecule has 6 aromatic carbocycles. The first kappa shape index (κ1) is 26.6. The minimum atomic E-state index is 0.418. The summed E-state index contributed by atoms with van der Waals surface area (Å²) in [6.45, 7) is 0. The van der Waals surface area contributed by atoms with Gasteiger partial charge in [0.05, 0.1) is 5.69 Å². The molecule has 0 radical (unpaired) electrons. The largest absolute Gasteiger partial charge is 0.309 e. The van der Waals surface area contributed by atoms with Gasteiger partial charge in [0.25, 0.3) is 0 Å². The van der Waals surface area contributed by atoms with Crippen molar-refractivity contribution in [1.82, 2.24) is 0 Å². The lowest BCUT2D eigenvalue weighted by Crippen LogP contribution is -2.11. The van der Waals surface area contributed by atoms with E-state index in [2.05, 4.69) is 169 Å². The van der Waals surface area contributed by atoms with Crippen LogP contribution in [0.1, 0.15) is 11.5 Å². The Labute approximate surface area is 271 Å². The van der Waals surface area contributed by atoms with Crippen LogP contribution >= 0.6 is 23.1 Å². The van der Waals surface area contributed by atoms with Crippen LogP contribution in [-0.2, 0) is 0 Å². The van der Waals surface area contributed by atoms with Gasteiger partial charge < -0.3 is 4.90 Å². The summed E-state index contributed by atoms with van der Waals surface area (Å²) in [5.74, 6) is 0.418. The first-order valence-corrected chi connectivity index (χ1v) is 17.1. The average molecular weight is 612 g/mol. The Bertz CT molecular complexity index is 2260. The summed E-state index contributed by atoms with van der Waals surface area (Å²) in [6, 6.07) is 51.1. The molecule has 2 aliphatic rings. The highest BCUT2D eigenvalue weighted by Gasteiger charge is 2.34. The molecule has 0 saturated carbocycles. The van der Waals surface area contributed by atoms with Crippen LogP contribution in [0, 0.1) is 0 Å². The Balaban J connectivity index is 1.17. The Morgan fingerprint density at radius 2 is 1.18 bits per heavy atom. The lowest BCUT2D eigenvalue weighted by molar-refractivity contribution is 0.880. The van der Waals surface area contributed by atoms with Crippen molar-refractivity contribution in [3.05, 3.63) is 169 Å². The van der Waals surface area contributed by atoms with Gasteiger partial charge in [-0.05, 0) is 70.3 Å². The van der Waals surface area contributed by atoms with Crippen LogP contribution in [0.4, 0.5) is 17.1 Å². The standard InChI is InChI=1S/C42H29NS2/c1-2-10-28(11-3-1)30-12-8-13-31(26-30)29-20-22-32(23-21-29)43(33-24-25-36-34-14-4-6-18-39(34)44-41(36)27-33)38-17-9-16-37-35-15-5-7-19-40(35)45-42(37)38/h1-27,35,40H. The van der Waals surface area contributed by atoms with Crippen molar-refractivity contribution in [3.63, 3.8) is 0 Å². The Morgan fingerprint density at radius 3 is 2.04 bits per heavy atom. The molecule has 45 heavy (non-hydrogen) atoms. The van der Waals surface area contributed by atoms with Crippen LogP contribution < -0.4 is 4.90 Å². The topological polar surface area (TPSA) is 3.24 Å². The summed E-state index contributed by atoms with van der Waals surface area (Å²) in [5, 5.41) is 3.09. The van der Waals surface area contributed by atoms with E-state index in [-0.39, 0.29) is 0 Å². The predicted octanol–water partition coefficient (Wildman–Crippen LogP) is 12.5. The summed E-state index contributed by atoms with van der Waals surface area (Å²) < 4.78 is 2.64. The van der Waals surface area contributed by atoms with E-state index in [1.165, 1.54) is 64.3 Å². The molecule has 214 valence electrons. The molecule has 3 heteroatoms. The molecule has 9 rings (SSSR count). The van der Waals surface area contributed by atoms with Crippen LogP contribution in [-0.4, -0.2) is 5.25 Å². The van der Waals surface area contributed by atoms with Gasteiger partial charge in [0, 0.05) is 47.6 Å². The number of thioether (sulfide) groups is 1. The van der Waals surface area contributed by atoms with Crippen LogP contribution in [0.3, 0.4) is 0 Å². The molecule has 0 fully saturated rings. The molecule has 2 atom stereocenters. The second kappa shape index (κ2) is 11.0. The van der Waals surface area contributed by atoms with Gasteiger partial charge in [0.1, 0.15) is 0 Å². The molecule has 2 unspecified atom stereocenters. The molecule has 1 aromatic heterocycles. The van der Waals surface area contributed by atoms with Crippen LogP contribution in [0.25, 0.3) is 42.4 Å². The number of anilines is 3. The van der Waals surface area contributed by atoms with E-state index in [1.807, 2.05) is 23.1 Å². The molecule has 2 heterocycles. The van der Waals surface area contributed by atoms with E-state index in [0.29, 0.717) is 11.2 Å². The van der Waals surface area contributed by atoms with Gasteiger partial charge in [-0.1, -0.05) is 121 Å². The zero-order valence-electron chi connectivity index (χ0n) is 24.5. The first-order valence-electron chi connectivity index (χ1n) is 15.4. The molecule has 0 N–H and O–H groups in total. The quantitative estimate of drug-likeness (QED) is 0.190. The van der Waals surface area contributed by atoms with Crippen molar-refractivity contribution in [2.24, 2.45) is 0 Å². The number of thiophene rings is 1. The SMILES string of the molecule is C1=CC2Sc3c(cccc3N(c3ccc(-c4cccc(-c5ccccc5)c4)cc3)c3ccc4c(c3)sc3ccccc34)C2C=C1. The minimum Gasteiger partial charge on any atom is -0.309 e. The van der Waals surface area contributed by atoms with E-state index in [9.17, 15) is 0 Å². The number of benzene rings is 6. The number of hydrogen-bond donors (Lipinski definition) is 0. The third-order valence-corrected chi connectivity index (χ3v) is 11.5. The maximum atomic E-state index is 2.46. The second-order valence-corrected chi connectivity index (χ2v) is 14.0. The fraction of sp³-hybridized carbons (Fsp3) is 0.0476. The number of rotatable bonds is 5. The molecule has 0 spiro atoms. The maximum absolute atomic E-state index is 2.46. The highest BCUT2D eigenvalue weighted by atomic mass is 32.2. The van der Waals surface area contributed by atoms with Crippen molar-refractivity contribution >= 4 is 60.3 Å². The summed E-state index contributed by atoms with van der Waals surface area (Å²) in [7, 11) is 0. The second-order valence-electron chi connectivity index (χ2n) is 11.7. The van der Waals surface area contributed by atoms with E-state index in [1.54, 1.807) is 0 Å². The van der Waals surface area contributed by atoms with Crippen molar-refractivity contribution in [3.8, 4) is 22.3 Å². The smallest absolute Gasteiger partial charge is 0.0600 e. The van der Waals surface area contributed by atoms with Gasteiger partial charge in [-0.2, -0.15) is 0 Å². The lowest BCUT2D eigenvalue weighted by atomic mass is 9.92. The molecule has 1 aliphatic heterocycles. The van der Waals surface area contributed by atoms with Gasteiger partial charge in [0.15, 0.2) is 0 Å². The summed E-state index contributed by atoms with van der Waals surface area (Å²) in [4.78, 5) is 3.84. The van der Waals surface area contributed by atoms with E-state index in [0.717, 1.165) is 5.69 Å². The van der Waals surface area contributed by atoms with Gasteiger partial charge in [-0.15, -0.1) is 23.1 Å². The third-order valence-electron chi connectivity index (χ3n) is 9.01. The molecular weight excluding hydrogens is 583 g/mol. The Kier molecular flexibility index (Phi) is 6.47. The fourth-order valence-corrected chi connectivity index (χ4v) is 9.40. The maximum Gasteiger partial charge on any atom is 0.0600 e. The fourth-order valence-electron chi connectivity index (χ4n) is 6.82. The van der Waals surface area contributed by atoms with Crippen molar-refractivity contribution < 1.29 is 0 Å². The molecule has 7 aromatic rings. The molecule has 0 bridgehead atoms. The van der Waals surface area contributed by atoms with Gasteiger partial charge in [-0.25, -0.2) is 0 Å². The summed E-state index contributed by atoms with van der Waals surface area (Å²) in [6.07, 6.45) is 9.10.